The van der Waals surface area contributed by atoms with Gasteiger partial charge < -0.3 is 15.5 Å². The number of fused-ring (bicyclic) bond motifs is 1. The van der Waals surface area contributed by atoms with Gasteiger partial charge in [-0.2, -0.15) is 0 Å². The largest absolute Gasteiger partial charge is 0.384 e. The van der Waals surface area contributed by atoms with E-state index in [0.717, 1.165) is 32.7 Å². The standard InChI is InChI=1S/C14H23N3/c1-3-17(2)10-9-15-11-13-6-4-5-12-7-8-16-14(12)13/h4-6,15-16H,3,7-11H2,1-2H3. The predicted octanol–water partition coefficient (Wildman–Crippen LogP) is 1.70. The van der Waals surface area contributed by atoms with Gasteiger partial charge in [-0.05, 0) is 31.1 Å². The lowest BCUT2D eigenvalue weighted by molar-refractivity contribution is 0.349. The lowest BCUT2D eigenvalue weighted by Gasteiger charge is -2.15. The molecule has 0 radical (unpaired) electrons. The number of nitrogens with zero attached hydrogens (tertiary/aromatic N) is 1. The zero-order chi connectivity index (χ0) is 12.1. The molecule has 0 unspecified atom stereocenters. The summed E-state index contributed by atoms with van der Waals surface area (Å²) in [5.41, 5.74) is 4.23. The van der Waals surface area contributed by atoms with Crippen LogP contribution in [0, 0.1) is 0 Å². The Morgan fingerprint density at radius 2 is 2.29 bits per heavy atom. The Hall–Kier alpha value is -1.06. The molecule has 1 aromatic rings. The number of hydrogen-bond donors (Lipinski definition) is 2. The summed E-state index contributed by atoms with van der Waals surface area (Å²) in [7, 11) is 2.16. The van der Waals surface area contributed by atoms with E-state index in [2.05, 4.69) is 47.7 Å². The molecule has 94 valence electrons. The molecule has 1 aromatic carbocycles. The lowest BCUT2D eigenvalue weighted by atomic mass is 10.1. The molecule has 0 amide bonds. The van der Waals surface area contributed by atoms with Gasteiger partial charge in [-0.3, -0.25) is 0 Å². The molecule has 3 nitrogen and oxygen atoms in total. The molecule has 1 aliphatic heterocycles. The first-order chi connectivity index (χ1) is 8.31. The van der Waals surface area contributed by atoms with Gasteiger partial charge in [-0.1, -0.05) is 25.1 Å². The molecule has 0 aliphatic carbocycles. The fourth-order valence-corrected chi connectivity index (χ4v) is 2.21. The number of benzene rings is 1. The van der Waals surface area contributed by atoms with Crippen LogP contribution in [0.4, 0.5) is 5.69 Å². The number of likely N-dealkylation sites (N-methyl/N-ethyl adjacent to an activating group) is 1. The van der Waals surface area contributed by atoms with Gasteiger partial charge in [0.1, 0.15) is 0 Å². The minimum atomic E-state index is 0.966. The average molecular weight is 233 g/mol. The van der Waals surface area contributed by atoms with Crippen molar-refractivity contribution in [3.63, 3.8) is 0 Å². The highest BCUT2D eigenvalue weighted by Gasteiger charge is 2.12. The maximum atomic E-state index is 3.51. The van der Waals surface area contributed by atoms with Gasteiger partial charge in [0.2, 0.25) is 0 Å². The van der Waals surface area contributed by atoms with E-state index < -0.39 is 0 Å². The molecule has 2 rings (SSSR count). The molecule has 0 saturated heterocycles. The monoisotopic (exact) mass is 233 g/mol. The van der Waals surface area contributed by atoms with Crippen molar-refractivity contribution >= 4 is 5.69 Å². The van der Waals surface area contributed by atoms with Crippen LogP contribution in [0.15, 0.2) is 18.2 Å². The van der Waals surface area contributed by atoms with Crippen LogP contribution in [0.2, 0.25) is 0 Å². The molecular formula is C14H23N3. The van der Waals surface area contributed by atoms with Gasteiger partial charge in [0.15, 0.2) is 0 Å². The quantitative estimate of drug-likeness (QED) is 0.732. The smallest absolute Gasteiger partial charge is 0.0419 e. The second-order valence-corrected chi connectivity index (χ2v) is 4.70. The van der Waals surface area contributed by atoms with Crippen molar-refractivity contribution in [3.05, 3.63) is 29.3 Å². The summed E-state index contributed by atoms with van der Waals surface area (Å²) < 4.78 is 0. The van der Waals surface area contributed by atoms with Gasteiger partial charge in [0.25, 0.3) is 0 Å². The average Bonchev–Trinajstić information content (AvgIpc) is 2.83. The Labute approximate surface area is 104 Å². The van der Waals surface area contributed by atoms with E-state index in [0.29, 0.717) is 0 Å². The molecule has 0 atom stereocenters. The first kappa shape index (κ1) is 12.4. The minimum absolute atomic E-state index is 0.966. The second-order valence-electron chi connectivity index (χ2n) is 4.70. The third kappa shape index (κ3) is 3.20. The number of anilines is 1. The summed E-state index contributed by atoms with van der Waals surface area (Å²) in [6.45, 7) is 7.52. The minimum Gasteiger partial charge on any atom is -0.384 e. The van der Waals surface area contributed by atoms with Crippen LogP contribution in [0.3, 0.4) is 0 Å². The van der Waals surface area contributed by atoms with Crippen molar-refractivity contribution in [2.24, 2.45) is 0 Å². The van der Waals surface area contributed by atoms with E-state index in [1.807, 2.05) is 0 Å². The van der Waals surface area contributed by atoms with Crippen LogP contribution in [0.25, 0.3) is 0 Å². The third-order valence-corrected chi connectivity index (χ3v) is 3.46. The molecule has 0 aromatic heterocycles. The Morgan fingerprint density at radius 1 is 1.41 bits per heavy atom. The third-order valence-electron chi connectivity index (χ3n) is 3.46. The summed E-state index contributed by atoms with van der Waals surface area (Å²) >= 11 is 0. The van der Waals surface area contributed by atoms with E-state index in [1.165, 1.54) is 23.2 Å². The molecular weight excluding hydrogens is 210 g/mol. The maximum absolute atomic E-state index is 3.51. The molecule has 17 heavy (non-hydrogen) atoms. The molecule has 1 aliphatic rings. The highest BCUT2D eigenvalue weighted by atomic mass is 15.1. The first-order valence-corrected chi connectivity index (χ1v) is 6.55. The predicted molar refractivity (Wildman–Crippen MR) is 73.5 cm³/mol. The molecule has 0 saturated carbocycles. The molecule has 1 heterocycles. The van der Waals surface area contributed by atoms with Crippen LogP contribution < -0.4 is 10.6 Å². The van der Waals surface area contributed by atoms with Crippen LogP contribution in [-0.4, -0.2) is 38.1 Å². The van der Waals surface area contributed by atoms with Gasteiger partial charge >= 0.3 is 0 Å². The highest BCUT2D eigenvalue weighted by Crippen LogP contribution is 2.25. The summed E-state index contributed by atoms with van der Waals surface area (Å²) in [5.74, 6) is 0. The van der Waals surface area contributed by atoms with Crippen molar-refractivity contribution in [1.82, 2.24) is 10.2 Å². The SMILES string of the molecule is CCN(C)CCNCc1cccc2c1NCC2. The lowest BCUT2D eigenvalue weighted by Crippen LogP contribution is -2.28. The van der Waals surface area contributed by atoms with Crippen LogP contribution in [0.5, 0.6) is 0 Å². The fourth-order valence-electron chi connectivity index (χ4n) is 2.21. The van der Waals surface area contributed by atoms with Crippen molar-refractivity contribution in [2.75, 3.05) is 38.5 Å². The van der Waals surface area contributed by atoms with E-state index in [4.69, 9.17) is 0 Å². The zero-order valence-corrected chi connectivity index (χ0v) is 10.9. The summed E-state index contributed by atoms with van der Waals surface area (Å²) in [5, 5.41) is 6.99. The Kier molecular flexibility index (Phi) is 4.40. The fraction of sp³-hybridized carbons (Fsp3) is 0.571. The van der Waals surface area contributed by atoms with E-state index in [-0.39, 0.29) is 0 Å². The number of rotatable bonds is 6. The van der Waals surface area contributed by atoms with Gasteiger partial charge in [0.05, 0.1) is 0 Å². The summed E-state index contributed by atoms with van der Waals surface area (Å²) in [6.07, 6.45) is 1.17. The maximum Gasteiger partial charge on any atom is 0.0419 e. The summed E-state index contributed by atoms with van der Waals surface area (Å²) in [6, 6.07) is 6.61. The van der Waals surface area contributed by atoms with Gasteiger partial charge in [-0.15, -0.1) is 0 Å². The van der Waals surface area contributed by atoms with Gasteiger partial charge in [0, 0.05) is 31.9 Å². The number of nitrogens with one attached hydrogen (secondary N) is 2. The molecule has 0 fully saturated rings. The van der Waals surface area contributed by atoms with Crippen molar-refractivity contribution in [1.29, 1.82) is 0 Å². The van der Waals surface area contributed by atoms with Crippen molar-refractivity contribution < 1.29 is 0 Å². The Balaban J connectivity index is 1.82. The molecule has 0 spiro atoms. The Bertz CT molecular complexity index is 362. The van der Waals surface area contributed by atoms with E-state index >= 15 is 0 Å². The Morgan fingerprint density at radius 3 is 3.12 bits per heavy atom. The summed E-state index contributed by atoms with van der Waals surface area (Å²) in [4.78, 5) is 2.32. The second kappa shape index (κ2) is 6.03. The van der Waals surface area contributed by atoms with Crippen molar-refractivity contribution in [2.45, 2.75) is 19.9 Å². The number of para-hydroxylation sites is 1. The molecule has 0 bridgehead atoms. The number of hydrogen-bond acceptors (Lipinski definition) is 3. The van der Waals surface area contributed by atoms with Crippen LogP contribution >= 0.6 is 0 Å². The topological polar surface area (TPSA) is 27.3 Å². The van der Waals surface area contributed by atoms with Crippen molar-refractivity contribution in [3.8, 4) is 0 Å². The first-order valence-electron chi connectivity index (χ1n) is 6.55. The zero-order valence-electron chi connectivity index (χ0n) is 10.9. The van der Waals surface area contributed by atoms with Crippen LogP contribution in [-0.2, 0) is 13.0 Å². The van der Waals surface area contributed by atoms with Crippen LogP contribution in [0.1, 0.15) is 18.1 Å². The normalized spacial score (nSPS) is 13.8. The van der Waals surface area contributed by atoms with E-state index in [1.54, 1.807) is 0 Å². The molecule has 2 N–H and O–H groups in total. The highest BCUT2D eigenvalue weighted by molar-refractivity contribution is 5.61. The van der Waals surface area contributed by atoms with Gasteiger partial charge in [-0.25, -0.2) is 0 Å². The van der Waals surface area contributed by atoms with E-state index in [9.17, 15) is 0 Å². The molecule has 3 heteroatoms.